The zero-order valence-corrected chi connectivity index (χ0v) is 17.5. The SMILES string of the molecule is CC(C)(C)OC(=O)NCCCCCCOc1ccc(N2CCC(=O)NC2=O)cc1. The van der Waals surface area contributed by atoms with Gasteiger partial charge in [-0.2, -0.15) is 0 Å². The van der Waals surface area contributed by atoms with Gasteiger partial charge in [-0.3, -0.25) is 15.0 Å². The molecule has 0 radical (unpaired) electrons. The first kappa shape index (κ1) is 22.5. The number of benzene rings is 1. The molecule has 1 fully saturated rings. The summed E-state index contributed by atoms with van der Waals surface area (Å²) in [6.07, 6.45) is 3.76. The molecule has 2 rings (SSSR count). The molecule has 0 spiro atoms. The van der Waals surface area contributed by atoms with Crippen molar-refractivity contribution < 1.29 is 23.9 Å². The monoisotopic (exact) mass is 405 g/mol. The van der Waals surface area contributed by atoms with Gasteiger partial charge in [-0.05, 0) is 57.9 Å². The lowest BCUT2D eigenvalue weighted by atomic mass is 10.2. The van der Waals surface area contributed by atoms with Crippen molar-refractivity contribution in [2.75, 3.05) is 24.6 Å². The second kappa shape index (κ2) is 10.7. The van der Waals surface area contributed by atoms with Crippen molar-refractivity contribution in [1.82, 2.24) is 10.6 Å². The van der Waals surface area contributed by atoms with Crippen LogP contribution in [0, 0.1) is 0 Å². The summed E-state index contributed by atoms with van der Waals surface area (Å²) in [5.41, 5.74) is 0.263. The molecule has 0 unspecified atom stereocenters. The lowest BCUT2D eigenvalue weighted by Gasteiger charge is -2.26. The number of alkyl carbamates (subject to hydrolysis) is 1. The summed E-state index contributed by atoms with van der Waals surface area (Å²) in [6.45, 7) is 7.12. The number of ether oxygens (including phenoxy) is 2. The quantitative estimate of drug-likeness (QED) is 0.612. The van der Waals surface area contributed by atoms with Gasteiger partial charge in [-0.1, -0.05) is 12.8 Å². The van der Waals surface area contributed by atoms with Crippen LogP contribution in [0.4, 0.5) is 15.3 Å². The van der Waals surface area contributed by atoms with Gasteiger partial charge in [0.25, 0.3) is 0 Å². The minimum Gasteiger partial charge on any atom is -0.494 e. The number of unbranched alkanes of at least 4 members (excludes halogenated alkanes) is 3. The van der Waals surface area contributed by atoms with Gasteiger partial charge in [0.1, 0.15) is 11.4 Å². The maximum Gasteiger partial charge on any atom is 0.407 e. The Balaban J connectivity index is 1.56. The number of rotatable bonds is 9. The molecule has 0 bridgehead atoms. The number of carbonyl (C=O) groups is 3. The summed E-state index contributed by atoms with van der Waals surface area (Å²) in [5, 5.41) is 5.06. The first-order valence-electron chi connectivity index (χ1n) is 10.1. The molecule has 1 aliphatic rings. The number of hydrogen-bond donors (Lipinski definition) is 2. The molecule has 4 amide bonds. The molecule has 1 heterocycles. The van der Waals surface area contributed by atoms with Crippen LogP contribution in [-0.4, -0.2) is 43.3 Å². The molecule has 2 N–H and O–H groups in total. The predicted molar refractivity (Wildman–Crippen MR) is 110 cm³/mol. The fourth-order valence-corrected chi connectivity index (χ4v) is 2.81. The fraction of sp³-hybridized carbons (Fsp3) is 0.571. The molecule has 0 aromatic heterocycles. The molecular formula is C21H31N3O5. The van der Waals surface area contributed by atoms with Crippen LogP contribution < -0.4 is 20.3 Å². The van der Waals surface area contributed by atoms with E-state index in [0.29, 0.717) is 26.1 Å². The second-order valence-corrected chi connectivity index (χ2v) is 7.94. The summed E-state index contributed by atoms with van der Waals surface area (Å²) in [7, 11) is 0. The van der Waals surface area contributed by atoms with Crippen LogP contribution in [0.15, 0.2) is 24.3 Å². The largest absolute Gasteiger partial charge is 0.494 e. The summed E-state index contributed by atoms with van der Waals surface area (Å²) in [6, 6.07) is 6.88. The Bertz CT molecular complexity index is 697. The van der Waals surface area contributed by atoms with E-state index in [9.17, 15) is 14.4 Å². The standard InChI is InChI=1S/C21H31N3O5/c1-21(2,3)29-20(27)22-13-6-4-5-7-15-28-17-10-8-16(9-11-17)24-14-12-18(25)23-19(24)26/h8-11H,4-7,12-15H2,1-3H3,(H,22,27)(H,23,25,26). The maximum absolute atomic E-state index is 11.8. The van der Waals surface area contributed by atoms with Crippen molar-refractivity contribution in [3.8, 4) is 5.75 Å². The van der Waals surface area contributed by atoms with Gasteiger partial charge >= 0.3 is 12.1 Å². The number of amides is 4. The minimum absolute atomic E-state index is 0.244. The van der Waals surface area contributed by atoms with Gasteiger partial charge in [0, 0.05) is 25.2 Å². The zero-order valence-electron chi connectivity index (χ0n) is 17.5. The Labute approximate surface area is 171 Å². The van der Waals surface area contributed by atoms with Crippen molar-refractivity contribution >= 4 is 23.7 Å². The number of urea groups is 1. The molecule has 29 heavy (non-hydrogen) atoms. The molecule has 0 saturated carbocycles. The van der Waals surface area contributed by atoms with Gasteiger partial charge in [0.05, 0.1) is 6.61 Å². The van der Waals surface area contributed by atoms with E-state index in [1.807, 2.05) is 45.0 Å². The molecule has 0 aliphatic carbocycles. The van der Waals surface area contributed by atoms with E-state index in [4.69, 9.17) is 9.47 Å². The highest BCUT2D eigenvalue weighted by molar-refractivity contribution is 6.05. The Morgan fingerprint density at radius 3 is 2.45 bits per heavy atom. The van der Waals surface area contributed by atoms with Crippen LogP contribution in [0.1, 0.15) is 52.9 Å². The van der Waals surface area contributed by atoms with Gasteiger partial charge in [-0.25, -0.2) is 9.59 Å². The topological polar surface area (TPSA) is 97.0 Å². The van der Waals surface area contributed by atoms with Crippen LogP contribution >= 0.6 is 0 Å². The Morgan fingerprint density at radius 1 is 1.10 bits per heavy atom. The molecule has 160 valence electrons. The smallest absolute Gasteiger partial charge is 0.407 e. The van der Waals surface area contributed by atoms with Crippen molar-refractivity contribution in [3.05, 3.63) is 24.3 Å². The third kappa shape index (κ3) is 8.41. The number of imide groups is 1. The molecule has 0 atom stereocenters. The number of nitrogens with zero attached hydrogens (tertiary/aromatic N) is 1. The van der Waals surface area contributed by atoms with E-state index < -0.39 is 11.6 Å². The number of anilines is 1. The van der Waals surface area contributed by atoms with Crippen LogP contribution in [0.5, 0.6) is 5.75 Å². The Morgan fingerprint density at radius 2 is 1.79 bits per heavy atom. The number of hydrogen-bond acceptors (Lipinski definition) is 5. The third-order valence-electron chi connectivity index (χ3n) is 4.21. The first-order valence-corrected chi connectivity index (χ1v) is 10.1. The van der Waals surface area contributed by atoms with E-state index in [-0.39, 0.29) is 12.0 Å². The van der Waals surface area contributed by atoms with Gasteiger partial charge in [0.2, 0.25) is 5.91 Å². The predicted octanol–water partition coefficient (Wildman–Crippen LogP) is 3.60. The van der Waals surface area contributed by atoms with E-state index in [1.54, 1.807) is 0 Å². The minimum atomic E-state index is -0.473. The highest BCUT2D eigenvalue weighted by Crippen LogP contribution is 2.21. The van der Waals surface area contributed by atoms with Gasteiger partial charge < -0.3 is 14.8 Å². The van der Waals surface area contributed by atoms with E-state index in [2.05, 4.69) is 10.6 Å². The maximum atomic E-state index is 11.8. The van der Waals surface area contributed by atoms with Crippen molar-refractivity contribution in [2.45, 2.75) is 58.5 Å². The lowest BCUT2D eigenvalue weighted by molar-refractivity contribution is -0.120. The molecule has 8 heteroatoms. The van der Waals surface area contributed by atoms with E-state index in [0.717, 1.165) is 37.1 Å². The summed E-state index contributed by atoms with van der Waals surface area (Å²) >= 11 is 0. The first-order chi connectivity index (χ1) is 13.7. The number of nitrogens with one attached hydrogen (secondary N) is 2. The Hall–Kier alpha value is -2.77. The van der Waals surface area contributed by atoms with Crippen molar-refractivity contribution in [3.63, 3.8) is 0 Å². The summed E-state index contributed by atoms with van der Waals surface area (Å²) in [4.78, 5) is 36.1. The molecule has 8 nitrogen and oxygen atoms in total. The summed E-state index contributed by atoms with van der Waals surface area (Å²) < 4.78 is 10.9. The molecule has 1 aliphatic heterocycles. The van der Waals surface area contributed by atoms with Crippen LogP contribution in [0.3, 0.4) is 0 Å². The lowest BCUT2D eigenvalue weighted by Crippen LogP contribution is -2.49. The van der Waals surface area contributed by atoms with Crippen molar-refractivity contribution in [2.24, 2.45) is 0 Å². The van der Waals surface area contributed by atoms with Crippen LogP contribution in [-0.2, 0) is 9.53 Å². The third-order valence-corrected chi connectivity index (χ3v) is 4.21. The molecule has 1 aromatic carbocycles. The van der Waals surface area contributed by atoms with E-state index in [1.165, 1.54) is 4.90 Å². The van der Waals surface area contributed by atoms with Crippen LogP contribution in [0.2, 0.25) is 0 Å². The van der Waals surface area contributed by atoms with Gasteiger partial charge in [-0.15, -0.1) is 0 Å². The zero-order chi connectivity index (χ0) is 21.3. The molecular weight excluding hydrogens is 374 g/mol. The highest BCUT2D eigenvalue weighted by atomic mass is 16.6. The normalized spacial score (nSPS) is 14.4. The van der Waals surface area contributed by atoms with Gasteiger partial charge in [0.15, 0.2) is 0 Å². The second-order valence-electron chi connectivity index (χ2n) is 7.94. The molecule has 1 aromatic rings. The Kier molecular flexibility index (Phi) is 8.30. The fourth-order valence-electron chi connectivity index (χ4n) is 2.81. The van der Waals surface area contributed by atoms with Crippen LogP contribution in [0.25, 0.3) is 0 Å². The van der Waals surface area contributed by atoms with E-state index >= 15 is 0 Å². The molecule has 1 saturated heterocycles. The highest BCUT2D eigenvalue weighted by Gasteiger charge is 2.24. The average Bonchev–Trinajstić information content (AvgIpc) is 2.63. The summed E-state index contributed by atoms with van der Waals surface area (Å²) in [5.74, 6) is 0.501. The average molecular weight is 405 g/mol. The van der Waals surface area contributed by atoms with Crippen molar-refractivity contribution in [1.29, 1.82) is 0 Å². The number of carbonyl (C=O) groups excluding carboxylic acids is 3.